The molecule has 0 aliphatic carbocycles. The SMILES string of the molecule is O=C(CNC(=O)c1ccccc1)N[C@@H]1COCC[C@@H]1OCc1ccccc1. The molecule has 1 saturated heterocycles. The topological polar surface area (TPSA) is 76.7 Å². The van der Waals surface area contributed by atoms with Gasteiger partial charge < -0.3 is 20.1 Å². The molecule has 0 bridgehead atoms. The molecule has 0 spiro atoms. The predicted molar refractivity (Wildman–Crippen MR) is 101 cm³/mol. The minimum absolute atomic E-state index is 0.0877. The van der Waals surface area contributed by atoms with Crippen molar-refractivity contribution in [2.75, 3.05) is 19.8 Å². The van der Waals surface area contributed by atoms with Gasteiger partial charge in [0.1, 0.15) is 0 Å². The Hall–Kier alpha value is -2.70. The fourth-order valence-corrected chi connectivity index (χ4v) is 2.94. The van der Waals surface area contributed by atoms with Crippen molar-refractivity contribution in [1.82, 2.24) is 10.6 Å². The highest BCUT2D eigenvalue weighted by molar-refractivity contribution is 5.96. The third-order valence-corrected chi connectivity index (χ3v) is 4.39. The minimum atomic E-state index is -0.275. The molecule has 1 aliphatic heterocycles. The Morgan fingerprint density at radius 1 is 1.04 bits per heavy atom. The average Bonchev–Trinajstić information content (AvgIpc) is 2.73. The number of carbonyl (C=O) groups is 2. The van der Waals surface area contributed by atoms with Crippen molar-refractivity contribution in [2.45, 2.75) is 25.2 Å². The van der Waals surface area contributed by atoms with Crippen LogP contribution in [0, 0.1) is 0 Å². The van der Waals surface area contributed by atoms with Crippen LogP contribution < -0.4 is 10.6 Å². The number of nitrogens with one attached hydrogen (secondary N) is 2. The molecule has 27 heavy (non-hydrogen) atoms. The summed E-state index contributed by atoms with van der Waals surface area (Å²) in [6, 6.07) is 18.5. The van der Waals surface area contributed by atoms with Gasteiger partial charge in [0.2, 0.25) is 5.91 Å². The van der Waals surface area contributed by atoms with Crippen molar-refractivity contribution in [3.63, 3.8) is 0 Å². The lowest BCUT2D eigenvalue weighted by Gasteiger charge is -2.32. The first-order valence-corrected chi connectivity index (χ1v) is 9.08. The van der Waals surface area contributed by atoms with Gasteiger partial charge in [-0.25, -0.2) is 0 Å². The van der Waals surface area contributed by atoms with Crippen molar-refractivity contribution >= 4 is 11.8 Å². The van der Waals surface area contributed by atoms with Crippen LogP contribution in [0.3, 0.4) is 0 Å². The molecule has 0 unspecified atom stereocenters. The third kappa shape index (κ3) is 5.91. The van der Waals surface area contributed by atoms with Gasteiger partial charge in [-0.3, -0.25) is 9.59 Å². The van der Waals surface area contributed by atoms with E-state index < -0.39 is 0 Å². The highest BCUT2D eigenvalue weighted by atomic mass is 16.5. The van der Waals surface area contributed by atoms with E-state index in [1.807, 2.05) is 36.4 Å². The smallest absolute Gasteiger partial charge is 0.251 e. The molecule has 0 aromatic heterocycles. The second-order valence-electron chi connectivity index (χ2n) is 6.42. The van der Waals surface area contributed by atoms with E-state index in [0.717, 1.165) is 5.56 Å². The summed E-state index contributed by atoms with van der Waals surface area (Å²) < 4.78 is 11.5. The zero-order valence-electron chi connectivity index (χ0n) is 15.1. The number of rotatable bonds is 7. The van der Waals surface area contributed by atoms with E-state index in [-0.39, 0.29) is 30.5 Å². The lowest BCUT2D eigenvalue weighted by molar-refractivity contribution is -0.125. The number of carbonyl (C=O) groups excluding carboxylic acids is 2. The summed E-state index contributed by atoms with van der Waals surface area (Å²) in [5.74, 6) is -0.536. The van der Waals surface area contributed by atoms with Gasteiger partial charge >= 0.3 is 0 Å². The zero-order chi connectivity index (χ0) is 18.9. The lowest BCUT2D eigenvalue weighted by atomic mass is 10.1. The van der Waals surface area contributed by atoms with Crippen molar-refractivity contribution in [3.8, 4) is 0 Å². The second kappa shape index (κ2) is 9.85. The molecule has 0 radical (unpaired) electrons. The molecular formula is C21H24N2O4. The monoisotopic (exact) mass is 368 g/mol. The third-order valence-electron chi connectivity index (χ3n) is 4.39. The number of benzene rings is 2. The Balaban J connectivity index is 1.46. The van der Waals surface area contributed by atoms with Gasteiger partial charge in [0.25, 0.3) is 5.91 Å². The van der Waals surface area contributed by atoms with Crippen LogP contribution in [-0.4, -0.2) is 43.7 Å². The van der Waals surface area contributed by atoms with Crippen LogP contribution in [-0.2, 0) is 20.9 Å². The van der Waals surface area contributed by atoms with Gasteiger partial charge in [0, 0.05) is 12.2 Å². The Morgan fingerprint density at radius 2 is 1.74 bits per heavy atom. The fourth-order valence-electron chi connectivity index (χ4n) is 2.94. The number of hydrogen-bond donors (Lipinski definition) is 2. The molecule has 6 nitrogen and oxygen atoms in total. The van der Waals surface area contributed by atoms with Crippen LogP contribution in [0.5, 0.6) is 0 Å². The molecule has 2 aromatic carbocycles. The van der Waals surface area contributed by atoms with Crippen molar-refractivity contribution in [2.24, 2.45) is 0 Å². The van der Waals surface area contributed by atoms with Crippen LogP contribution in [0.4, 0.5) is 0 Å². The highest BCUT2D eigenvalue weighted by Gasteiger charge is 2.28. The highest BCUT2D eigenvalue weighted by Crippen LogP contribution is 2.14. The van der Waals surface area contributed by atoms with Gasteiger partial charge in [-0.1, -0.05) is 48.5 Å². The maximum Gasteiger partial charge on any atom is 0.251 e. The van der Waals surface area contributed by atoms with Gasteiger partial charge in [-0.15, -0.1) is 0 Å². The number of ether oxygens (including phenoxy) is 2. The average molecular weight is 368 g/mol. The van der Waals surface area contributed by atoms with Crippen LogP contribution in [0.1, 0.15) is 22.3 Å². The molecule has 2 N–H and O–H groups in total. The maximum atomic E-state index is 12.2. The molecule has 142 valence electrons. The van der Waals surface area contributed by atoms with Crippen molar-refractivity contribution < 1.29 is 19.1 Å². The largest absolute Gasteiger partial charge is 0.379 e. The second-order valence-corrected chi connectivity index (χ2v) is 6.42. The van der Waals surface area contributed by atoms with Crippen molar-refractivity contribution in [1.29, 1.82) is 0 Å². The summed E-state index contributed by atoms with van der Waals surface area (Å²) in [5.41, 5.74) is 1.61. The first kappa shape index (κ1) is 19.1. The van der Waals surface area contributed by atoms with E-state index in [0.29, 0.717) is 31.8 Å². The summed E-state index contributed by atoms with van der Waals surface area (Å²) in [6.07, 6.45) is 0.599. The lowest BCUT2D eigenvalue weighted by Crippen LogP contribution is -2.52. The molecule has 1 fully saturated rings. The molecule has 2 aromatic rings. The van der Waals surface area contributed by atoms with Gasteiger partial charge in [0.05, 0.1) is 31.9 Å². The fraction of sp³-hybridized carbons (Fsp3) is 0.333. The Labute approximate surface area is 158 Å². The normalized spacial score (nSPS) is 19.3. The molecular weight excluding hydrogens is 344 g/mol. The molecule has 1 aliphatic rings. The molecule has 2 atom stereocenters. The van der Waals surface area contributed by atoms with E-state index >= 15 is 0 Å². The molecule has 2 amide bonds. The predicted octanol–water partition coefficient (Wildman–Crippen LogP) is 1.91. The summed E-state index contributed by atoms with van der Waals surface area (Å²) >= 11 is 0. The van der Waals surface area contributed by atoms with Gasteiger partial charge in [-0.05, 0) is 24.1 Å². The first-order chi connectivity index (χ1) is 13.2. The Bertz CT molecular complexity index is 736. The van der Waals surface area contributed by atoms with Crippen LogP contribution in [0.2, 0.25) is 0 Å². The Kier molecular flexibility index (Phi) is 6.96. The van der Waals surface area contributed by atoms with E-state index in [4.69, 9.17) is 9.47 Å². The summed E-state index contributed by atoms with van der Waals surface area (Å²) in [4.78, 5) is 24.3. The summed E-state index contributed by atoms with van der Waals surface area (Å²) in [6.45, 7) is 1.41. The van der Waals surface area contributed by atoms with E-state index in [1.54, 1.807) is 24.3 Å². The summed E-state index contributed by atoms with van der Waals surface area (Å²) in [7, 11) is 0. The van der Waals surface area contributed by atoms with Gasteiger partial charge in [0.15, 0.2) is 0 Å². The van der Waals surface area contributed by atoms with Crippen molar-refractivity contribution in [3.05, 3.63) is 71.8 Å². The number of hydrogen-bond acceptors (Lipinski definition) is 4. The molecule has 3 rings (SSSR count). The van der Waals surface area contributed by atoms with Crippen LogP contribution >= 0.6 is 0 Å². The zero-order valence-corrected chi connectivity index (χ0v) is 15.1. The quantitative estimate of drug-likeness (QED) is 0.783. The molecule has 1 heterocycles. The molecule has 6 heteroatoms. The molecule has 0 saturated carbocycles. The van der Waals surface area contributed by atoms with E-state index in [9.17, 15) is 9.59 Å². The van der Waals surface area contributed by atoms with Crippen LogP contribution in [0.25, 0.3) is 0 Å². The Morgan fingerprint density at radius 3 is 2.48 bits per heavy atom. The van der Waals surface area contributed by atoms with E-state index in [2.05, 4.69) is 10.6 Å². The van der Waals surface area contributed by atoms with Gasteiger partial charge in [-0.2, -0.15) is 0 Å². The van der Waals surface area contributed by atoms with E-state index in [1.165, 1.54) is 0 Å². The minimum Gasteiger partial charge on any atom is -0.379 e. The number of amides is 2. The van der Waals surface area contributed by atoms with Crippen LogP contribution in [0.15, 0.2) is 60.7 Å². The first-order valence-electron chi connectivity index (χ1n) is 9.08. The standard InChI is InChI=1S/C21H24N2O4/c24-20(13-22-21(25)17-9-5-2-6-10-17)23-18-15-26-12-11-19(18)27-14-16-7-3-1-4-8-16/h1-10,18-19H,11-15H2,(H,22,25)(H,23,24)/t18-,19+/m1/s1. The summed E-state index contributed by atoms with van der Waals surface area (Å²) in [5, 5.41) is 5.54. The maximum absolute atomic E-state index is 12.2.